The number of anilines is 2. The fourth-order valence-corrected chi connectivity index (χ4v) is 1.92. The standard InChI is InChI=1S/C12H19N5O/c1-3-16(6-4-8-18)12-11-14-5-7-17(11)9-10(13-2)15-12/h5,7,9,13,18H,3-4,6,8H2,1-2H3. The summed E-state index contributed by atoms with van der Waals surface area (Å²) in [7, 11) is 1.85. The number of nitrogens with zero attached hydrogens (tertiary/aromatic N) is 4. The van der Waals surface area contributed by atoms with Crippen molar-refractivity contribution < 1.29 is 5.11 Å². The third-order valence-corrected chi connectivity index (χ3v) is 2.88. The molecule has 0 spiro atoms. The maximum Gasteiger partial charge on any atom is 0.180 e. The van der Waals surface area contributed by atoms with Crippen LogP contribution in [0.15, 0.2) is 18.6 Å². The summed E-state index contributed by atoms with van der Waals surface area (Å²) in [6, 6.07) is 0. The average molecular weight is 249 g/mol. The molecule has 0 saturated carbocycles. The van der Waals surface area contributed by atoms with Crippen LogP contribution in [-0.4, -0.2) is 46.2 Å². The molecule has 2 rings (SSSR count). The molecule has 0 atom stereocenters. The van der Waals surface area contributed by atoms with Crippen LogP contribution in [0, 0.1) is 0 Å². The number of aromatic nitrogens is 3. The van der Waals surface area contributed by atoms with Crippen molar-refractivity contribution in [2.75, 3.05) is 37.0 Å². The van der Waals surface area contributed by atoms with E-state index in [0.29, 0.717) is 0 Å². The lowest BCUT2D eigenvalue weighted by molar-refractivity contribution is 0.289. The van der Waals surface area contributed by atoms with E-state index >= 15 is 0 Å². The molecule has 0 aliphatic rings. The van der Waals surface area contributed by atoms with Crippen molar-refractivity contribution in [3.63, 3.8) is 0 Å². The Morgan fingerprint density at radius 1 is 1.50 bits per heavy atom. The minimum atomic E-state index is 0.187. The molecule has 0 saturated heterocycles. The number of hydrogen-bond donors (Lipinski definition) is 2. The zero-order valence-electron chi connectivity index (χ0n) is 10.8. The van der Waals surface area contributed by atoms with Crippen molar-refractivity contribution >= 4 is 17.3 Å². The molecule has 0 aliphatic carbocycles. The summed E-state index contributed by atoms with van der Waals surface area (Å²) in [6.45, 7) is 3.87. The normalized spacial score (nSPS) is 10.8. The Hall–Kier alpha value is -1.82. The predicted molar refractivity (Wildman–Crippen MR) is 72.1 cm³/mol. The van der Waals surface area contributed by atoms with Gasteiger partial charge in [0.15, 0.2) is 11.5 Å². The fraction of sp³-hybridized carbons (Fsp3) is 0.500. The molecule has 0 aromatic carbocycles. The number of rotatable bonds is 6. The molecule has 2 heterocycles. The van der Waals surface area contributed by atoms with Crippen LogP contribution in [0.2, 0.25) is 0 Å². The smallest absolute Gasteiger partial charge is 0.180 e. The second kappa shape index (κ2) is 5.68. The van der Waals surface area contributed by atoms with Gasteiger partial charge in [0.2, 0.25) is 0 Å². The van der Waals surface area contributed by atoms with E-state index < -0.39 is 0 Å². The molecule has 0 amide bonds. The first-order chi connectivity index (χ1) is 8.80. The van der Waals surface area contributed by atoms with E-state index in [4.69, 9.17) is 5.11 Å². The van der Waals surface area contributed by atoms with Gasteiger partial charge in [0.1, 0.15) is 5.82 Å². The van der Waals surface area contributed by atoms with Gasteiger partial charge in [-0.15, -0.1) is 0 Å². The molecule has 2 aromatic rings. The van der Waals surface area contributed by atoms with E-state index in [-0.39, 0.29) is 6.61 Å². The van der Waals surface area contributed by atoms with Crippen molar-refractivity contribution in [2.45, 2.75) is 13.3 Å². The van der Waals surface area contributed by atoms with Gasteiger partial charge in [0.25, 0.3) is 0 Å². The maximum absolute atomic E-state index is 8.95. The second-order valence-corrected chi connectivity index (χ2v) is 4.01. The van der Waals surface area contributed by atoms with Crippen molar-refractivity contribution in [1.29, 1.82) is 0 Å². The first kappa shape index (κ1) is 12.6. The Bertz CT molecular complexity index is 510. The first-order valence-corrected chi connectivity index (χ1v) is 6.17. The van der Waals surface area contributed by atoms with Crippen LogP contribution in [0.5, 0.6) is 0 Å². The Morgan fingerprint density at radius 3 is 3.00 bits per heavy atom. The molecule has 2 aromatic heterocycles. The van der Waals surface area contributed by atoms with Crippen molar-refractivity contribution in [3.8, 4) is 0 Å². The summed E-state index contributed by atoms with van der Waals surface area (Å²) in [5, 5.41) is 12.0. The Morgan fingerprint density at radius 2 is 2.33 bits per heavy atom. The Balaban J connectivity index is 2.42. The summed E-state index contributed by atoms with van der Waals surface area (Å²) in [5.74, 6) is 1.65. The molecule has 0 fully saturated rings. The number of imidazole rings is 1. The van der Waals surface area contributed by atoms with Crippen molar-refractivity contribution in [3.05, 3.63) is 18.6 Å². The molecule has 0 bridgehead atoms. The monoisotopic (exact) mass is 249 g/mol. The molecule has 6 nitrogen and oxygen atoms in total. The number of nitrogens with one attached hydrogen (secondary N) is 1. The summed E-state index contributed by atoms with van der Waals surface area (Å²) >= 11 is 0. The predicted octanol–water partition coefficient (Wildman–Crippen LogP) is 0.980. The second-order valence-electron chi connectivity index (χ2n) is 4.01. The molecule has 0 radical (unpaired) electrons. The Labute approximate surface area is 106 Å². The molecule has 0 unspecified atom stereocenters. The largest absolute Gasteiger partial charge is 0.396 e. The maximum atomic E-state index is 8.95. The van der Waals surface area contributed by atoms with Crippen LogP contribution >= 0.6 is 0 Å². The highest BCUT2D eigenvalue weighted by Crippen LogP contribution is 2.20. The highest BCUT2D eigenvalue weighted by atomic mass is 16.3. The molecule has 2 N–H and O–H groups in total. The highest BCUT2D eigenvalue weighted by Gasteiger charge is 2.13. The number of aliphatic hydroxyl groups is 1. The lowest BCUT2D eigenvalue weighted by Crippen LogP contribution is -2.26. The van der Waals surface area contributed by atoms with E-state index in [0.717, 1.165) is 36.8 Å². The zero-order chi connectivity index (χ0) is 13.0. The summed E-state index contributed by atoms with van der Waals surface area (Å²) < 4.78 is 1.95. The van der Waals surface area contributed by atoms with E-state index in [1.54, 1.807) is 6.20 Å². The van der Waals surface area contributed by atoms with Gasteiger partial charge in [0.05, 0.1) is 6.20 Å². The Kier molecular flexibility index (Phi) is 3.99. The van der Waals surface area contributed by atoms with Gasteiger partial charge in [0, 0.05) is 39.1 Å². The van der Waals surface area contributed by atoms with Crippen LogP contribution in [0.25, 0.3) is 5.65 Å². The van der Waals surface area contributed by atoms with Gasteiger partial charge in [-0.25, -0.2) is 9.97 Å². The fourth-order valence-electron chi connectivity index (χ4n) is 1.92. The van der Waals surface area contributed by atoms with Gasteiger partial charge < -0.3 is 19.7 Å². The third kappa shape index (κ3) is 2.38. The van der Waals surface area contributed by atoms with Gasteiger partial charge in [-0.2, -0.15) is 0 Å². The van der Waals surface area contributed by atoms with E-state index in [1.807, 2.05) is 23.8 Å². The van der Waals surface area contributed by atoms with Gasteiger partial charge >= 0.3 is 0 Å². The topological polar surface area (TPSA) is 65.7 Å². The number of fused-ring (bicyclic) bond motifs is 1. The number of hydrogen-bond acceptors (Lipinski definition) is 5. The third-order valence-electron chi connectivity index (χ3n) is 2.88. The summed E-state index contributed by atoms with van der Waals surface area (Å²) in [4.78, 5) is 11.0. The van der Waals surface area contributed by atoms with E-state index in [1.165, 1.54) is 0 Å². The molecule has 6 heteroatoms. The minimum Gasteiger partial charge on any atom is -0.396 e. The summed E-state index contributed by atoms with van der Waals surface area (Å²) in [6.07, 6.45) is 6.30. The van der Waals surface area contributed by atoms with E-state index in [2.05, 4.69) is 27.1 Å². The van der Waals surface area contributed by atoms with Crippen LogP contribution in [0.1, 0.15) is 13.3 Å². The molecular weight excluding hydrogens is 230 g/mol. The minimum absolute atomic E-state index is 0.187. The van der Waals surface area contributed by atoms with Gasteiger partial charge in [-0.1, -0.05) is 0 Å². The first-order valence-electron chi connectivity index (χ1n) is 6.17. The van der Waals surface area contributed by atoms with Crippen LogP contribution in [-0.2, 0) is 0 Å². The molecule has 18 heavy (non-hydrogen) atoms. The number of aliphatic hydroxyl groups excluding tert-OH is 1. The molecule has 0 aliphatic heterocycles. The van der Waals surface area contributed by atoms with Crippen LogP contribution in [0.4, 0.5) is 11.6 Å². The highest BCUT2D eigenvalue weighted by molar-refractivity contribution is 5.66. The van der Waals surface area contributed by atoms with Gasteiger partial charge in [-0.3, -0.25) is 0 Å². The van der Waals surface area contributed by atoms with Crippen LogP contribution in [0.3, 0.4) is 0 Å². The van der Waals surface area contributed by atoms with Crippen LogP contribution < -0.4 is 10.2 Å². The van der Waals surface area contributed by atoms with Gasteiger partial charge in [-0.05, 0) is 13.3 Å². The van der Waals surface area contributed by atoms with Crippen molar-refractivity contribution in [1.82, 2.24) is 14.4 Å². The summed E-state index contributed by atoms with van der Waals surface area (Å²) in [5.41, 5.74) is 0.841. The van der Waals surface area contributed by atoms with E-state index in [9.17, 15) is 0 Å². The zero-order valence-corrected chi connectivity index (χ0v) is 10.8. The lowest BCUT2D eigenvalue weighted by Gasteiger charge is -2.22. The average Bonchev–Trinajstić information content (AvgIpc) is 2.87. The molecular formula is C12H19N5O. The SMILES string of the molecule is CCN(CCCO)c1nc(NC)cn2ccnc12. The quantitative estimate of drug-likeness (QED) is 0.799. The van der Waals surface area contributed by atoms with Crippen molar-refractivity contribution in [2.24, 2.45) is 0 Å². The molecule has 98 valence electrons. The lowest BCUT2D eigenvalue weighted by atomic mass is 10.3.